The Morgan fingerprint density at radius 3 is 2.54 bits per heavy atom. The maximum Gasteiger partial charge on any atom is 0.317 e. The van der Waals surface area contributed by atoms with Crippen molar-refractivity contribution in [2.45, 2.75) is 37.6 Å². The van der Waals surface area contributed by atoms with Crippen molar-refractivity contribution < 1.29 is 9.53 Å². The Bertz CT molecular complexity index is 763. The van der Waals surface area contributed by atoms with Gasteiger partial charge in [-0.05, 0) is 36.1 Å². The number of methoxy groups -OCH3 is 1. The van der Waals surface area contributed by atoms with E-state index in [-0.39, 0.29) is 18.2 Å². The second-order valence-corrected chi connectivity index (χ2v) is 7.56. The second-order valence-electron chi connectivity index (χ2n) is 7.56. The number of benzene rings is 1. The summed E-state index contributed by atoms with van der Waals surface area (Å²) in [6, 6.07) is 15.0. The van der Waals surface area contributed by atoms with Gasteiger partial charge in [0.2, 0.25) is 0 Å². The number of ether oxygens (including phenoxy) is 1. The molecular weight excluding hydrogens is 352 g/mol. The zero-order chi connectivity index (χ0) is 19.3. The lowest BCUT2D eigenvalue weighted by molar-refractivity contribution is -0.115. The molecule has 0 radical (unpaired) electrons. The summed E-state index contributed by atoms with van der Waals surface area (Å²) in [6.45, 7) is 3.12. The topological polar surface area (TPSA) is 57.7 Å². The fraction of sp³-hybridized carbons (Fsp3) is 0.455. The number of rotatable bonds is 5. The zero-order valence-electron chi connectivity index (χ0n) is 16.3. The Labute approximate surface area is 166 Å². The number of piperidine rings is 1. The van der Waals surface area contributed by atoms with Crippen molar-refractivity contribution in [1.82, 2.24) is 20.1 Å². The molecule has 3 heterocycles. The van der Waals surface area contributed by atoms with Crippen molar-refractivity contribution >= 4 is 6.03 Å². The van der Waals surface area contributed by atoms with Crippen LogP contribution in [0, 0.1) is 0 Å². The Balaban J connectivity index is 1.29. The molecule has 2 fully saturated rings. The van der Waals surface area contributed by atoms with E-state index in [1.165, 1.54) is 5.56 Å². The number of urea groups is 1. The average molecular weight is 380 g/mol. The number of amides is 2. The summed E-state index contributed by atoms with van der Waals surface area (Å²) in [6.07, 6.45) is 5.92. The number of hydrogen-bond donors (Lipinski definition) is 1. The number of pyridine rings is 1. The smallest absolute Gasteiger partial charge is 0.317 e. The monoisotopic (exact) mass is 380 g/mol. The predicted molar refractivity (Wildman–Crippen MR) is 108 cm³/mol. The molecule has 6 nitrogen and oxygen atoms in total. The number of likely N-dealkylation sites (tertiary alicyclic amines) is 2. The molecule has 0 bridgehead atoms. The van der Waals surface area contributed by atoms with Gasteiger partial charge in [0.05, 0.1) is 12.1 Å². The van der Waals surface area contributed by atoms with Crippen molar-refractivity contribution in [3.05, 3.63) is 66.0 Å². The van der Waals surface area contributed by atoms with Gasteiger partial charge in [0, 0.05) is 51.7 Å². The van der Waals surface area contributed by atoms with E-state index in [0.717, 1.165) is 38.0 Å². The number of carbonyl (C=O) groups excluding carboxylic acids is 1. The van der Waals surface area contributed by atoms with Crippen molar-refractivity contribution in [2.75, 3.05) is 26.7 Å². The normalized spacial score (nSPS) is 23.2. The maximum atomic E-state index is 12.5. The Hall–Kier alpha value is -2.44. The SMILES string of the molecule is COC1CN(C2CCN(C(=O)NCc3ccccc3)CC2)C1c1ccncc1. The van der Waals surface area contributed by atoms with Crippen molar-refractivity contribution in [1.29, 1.82) is 0 Å². The van der Waals surface area contributed by atoms with Gasteiger partial charge in [0.1, 0.15) is 0 Å². The van der Waals surface area contributed by atoms with Gasteiger partial charge >= 0.3 is 6.03 Å². The summed E-state index contributed by atoms with van der Waals surface area (Å²) < 4.78 is 5.67. The number of aromatic nitrogens is 1. The molecule has 1 aromatic carbocycles. The first-order chi connectivity index (χ1) is 13.8. The quantitative estimate of drug-likeness (QED) is 0.867. The zero-order valence-corrected chi connectivity index (χ0v) is 16.3. The van der Waals surface area contributed by atoms with Gasteiger partial charge in [-0.25, -0.2) is 4.79 Å². The van der Waals surface area contributed by atoms with Crippen molar-refractivity contribution in [3.63, 3.8) is 0 Å². The first-order valence-corrected chi connectivity index (χ1v) is 10.0. The first kappa shape index (κ1) is 18.9. The van der Waals surface area contributed by atoms with Crippen LogP contribution in [0.25, 0.3) is 0 Å². The summed E-state index contributed by atoms with van der Waals surface area (Å²) in [5.41, 5.74) is 2.38. The Morgan fingerprint density at radius 1 is 1.14 bits per heavy atom. The van der Waals surface area contributed by atoms with E-state index >= 15 is 0 Å². The summed E-state index contributed by atoms with van der Waals surface area (Å²) in [4.78, 5) is 21.1. The van der Waals surface area contributed by atoms with Crippen LogP contribution < -0.4 is 5.32 Å². The number of hydrogen-bond acceptors (Lipinski definition) is 4. The third-order valence-electron chi connectivity index (χ3n) is 5.96. The number of carbonyl (C=O) groups is 1. The van der Waals surface area contributed by atoms with Crippen LogP contribution in [0.2, 0.25) is 0 Å². The second kappa shape index (κ2) is 8.71. The average Bonchev–Trinajstić information content (AvgIpc) is 2.74. The van der Waals surface area contributed by atoms with Crippen LogP contribution >= 0.6 is 0 Å². The standard InChI is InChI=1S/C22H28N4O2/c1-28-20-16-26(21(20)18-7-11-23-12-8-18)19-9-13-25(14-10-19)22(27)24-15-17-5-3-2-4-6-17/h2-8,11-12,19-21H,9-10,13-16H2,1H3,(H,24,27). The molecule has 2 aromatic rings. The molecule has 0 saturated carbocycles. The van der Waals surface area contributed by atoms with E-state index in [1.807, 2.05) is 47.6 Å². The fourth-order valence-corrected chi connectivity index (χ4v) is 4.33. The lowest BCUT2D eigenvalue weighted by atomic mass is 9.87. The van der Waals surface area contributed by atoms with Gasteiger partial charge < -0.3 is 15.0 Å². The van der Waals surface area contributed by atoms with E-state index in [4.69, 9.17) is 4.74 Å². The molecule has 2 aliphatic rings. The summed E-state index contributed by atoms with van der Waals surface area (Å²) in [5, 5.41) is 3.04. The molecular formula is C22H28N4O2. The molecule has 0 spiro atoms. The van der Waals surface area contributed by atoms with Crippen LogP contribution in [0.4, 0.5) is 4.79 Å². The number of nitrogens with one attached hydrogen (secondary N) is 1. The van der Waals surface area contributed by atoms with Gasteiger partial charge in [-0.2, -0.15) is 0 Å². The van der Waals surface area contributed by atoms with Crippen LogP contribution in [0.15, 0.2) is 54.9 Å². The molecule has 4 rings (SSSR count). The number of nitrogens with zero attached hydrogens (tertiary/aromatic N) is 3. The van der Waals surface area contributed by atoms with Crippen LogP contribution in [0.3, 0.4) is 0 Å². The minimum Gasteiger partial charge on any atom is -0.378 e. The van der Waals surface area contributed by atoms with E-state index in [9.17, 15) is 4.79 Å². The molecule has 2 amide bonds. The molecule has 2 atom stereocenters. The summed E-state index contributed by atoms with van der Waals surface area (Å²) in [7, 11) is 1.79. The molecule has 148 valence electrons. The van der Waals surface area contributed by atoms with Gasteiger partial charge in [0.25, 0.3) is 0 Å². The van der Waals surface area contributed by atoms with Crippen LogP contribution in [0.1, 0.15) is 30.0 Å². The van der Waals surface area contributed by atoms with E-state index in [2.05, 4.69) is 27.3 Å². The third-order valence-corrected chi connectivity index (χ3v) is 5.96. The molecule has 0 aliphatic carbocycles. The highest BCUT2D eigenvalue weighted by molar-refractivity contribution is 5.74. The van der Waals surface area contributed by atoms with Crippen molar-refractivity contribution in [3.8, 4) is 0 Å². The highest BCUT2D eigenvalue weighted by Gasteiger charge is 2.44. The molecule has 2 unspecified atom stereocenters. The van der Waals surface area contributed by atoms with Crippen LogP contribution in [-0.2, 0) is 11.3 Å². The fourth-order valence-electron chi connectivity index (χ4n) is 4.33. The summed E-state index contributed by atoms with van der Waals surface area (Å²) >= 11 is 0. The molecule has 2 saturated heterocycles. The van der Waals surface area contributed by atoms with E-state index in [0.29, 0.717) is 12.6 Å². The first-order valence-electron chi connectivity index (χ1n) is 10.0. The molecule has 6 heteroatoms. The van der Waals surface area contributed by atoms with Gasteiger partial charge in [-0.1, -0.05) is 30.3 Å². The largest absolute Gasteiger partial charge is 0.378 e. The molecule has 1 N–H and O–H groups in total. The van der Waals surface area contributed by atoms with Gasteiger partial charge in [-0.3, -0.25) is 9.88 Å². The van der Waals surface area contributed by atoms with E-state index < -0.39 is 0 Å². The summed E-state index contributed by atoms with van der Waals surface area (Å²) in [5.74, 6) is 0. The lowest BCUT2D eigenvalue weighted by Gasteiger charge is -2.53. The van der Waals surface area contributed by atoms with Crippen molar-refractivity contribution in [2.24, 2.45) is 0 Å². The van der Waals surface area contributed by atoms with Gasteiger partial charge in [-0.15, -0.1) is 0 Å². The van der Waals surface area contributed by atoms with Gasteiger partial charge in [0.15, 0.2) is 0 Å². The Kier molecular flexibility index (Phi) is 5.88. The van der Waals surface area contributed by atoms with Crippen LogP contribution in [-0.4, -0.2) is 59.7 Å². The molecule has 1 aromatic heterocycles. The van der Waals surface area contributed by atoms with Crippen LogP contribution in [0.5, 0.6) is 0 Å². The molecule has 2 aliphatic heterocycles. The highest BCUT2D eigenvalue weighted by Crippen LogP contribution is 2.39. The Morgan fingerprint density at radius 2 is 1.86 bits per heavy atom. The third kappa shape index (κ3) is 4.03. The lowest BCUT2D eigenvalue weighted by Crippen LogP contribution is -2.60. The predicted octanol–water partition coefficient (Wildman–Crippen LogP) is 2.83. The minimum atomic E-state index is 0.0337. The van der Waals surface area contributed by atoms with E-state index in [1.54, 1.807) is 7.11 Å². The highest BCUT2D eigenvalue weighted by atomic mass is 16.5. The maximum absolute atomic E-state index is 12.5. The molecule has 28 heavy (non-hydrogen) atoms. The minimum absolute atomic E-state index is 0.0337.